The van der Waals surface area contributed by atoms with Gasteiger partial charge in [0.25, 0.3) is 0 Å². The monoisotopic (exact) mass is 232 g/mol. The average Bonchev–Trinajstić information content (AvgIpc) is 2.20. The summed E-state index contributed by atoms with van der Waals surface area (Å²) >= 11 is 0. The number of pyridine rings is 1. The number of aromatic carboxylic acids is 1. The van der Waals surface area contributed by atoms with E-state index >= 15 is 0 Å². The van der Waals surface area contributed by atoms with Crippen LogP contribution in [0.3, 0.4) is 0 Å². The molecule has 2 N–H and O–H groups in total. The van der Waals surface area contributed by atoms with Crippen LogP contribution in [0.2, 0.25) is 0 Å². The highest BCUT2D eigenvalue weighted by Crippen LogP contribution is 2.56. The zero-order valence-electron chi connectivity index (χ0n) is 9.65. The molecule has 0 saturated heterocycles. The van der Waals surface area contributed by atoms with Crippen molar-refractivity contribution < 1.29 is 9.90 Å². The molecule has 2 saturated carbocycles. The Bertz CT molecular complexity index is 446. The van der Waals surface area contributed by atoms with Crippen molar-refractivity contribution in [2.24, 2.45) is 5.41 Å². The average molecular weight is 232 g/mol. The highest BCUT2D eigenvalue weighted by atomic mass is 16.4. The van der Waals surface area contributed by atoms with Crippen LogP contribution in [0.25, 0.3) is 0 Å². The summed E-state index contributed by atoms with van der Waals surface area (Å²) in [6.45, 7) is 0. The Morgan fingerprint density at radius 2 is 2.24 bits per heavy atom. The summed E-state index contributed by atoms with van der Waals surface area (Å²) in [4.78, 5) is 15.0. The molecule has 2 aliphatic rings. The van der Waals surface area contributed by atoms with Crippen LogP contribution < -0.4 is 5.32 Å². The van der Waals surface area contributed by atoms with E-state index in [0.717, 1.165) is 0 Å². The second-order valence-electron chi connectivity index (χ2n) is 5.34. The third-order valence-corrected chi connectivity index (χ3v) is 4.13. The SMILES string of the molecule is O=C(O)c1ccnc(NC2CC3(CCC3)C2)c1. The summed E-state index contributed by atoms with van der Waals surface area (Å²) in [5.41, 5.74) is 0.919. The van der Waals surface area contributed by atoms with Crippen molar-refractivity contribution in [2.75, 3.05) is 5.32 Å². The molecule has 4 nitrogen and oxygen atoms in total. The highest BCUT2D eigenvalue weighted by Gasteiger charge is 2.48. The van der Waals surface area contributed by atoms with Crippen LogP contribution in [-0.4, -0.2) is 22.1 Å². The van der Waals surface area contributed by atoms with Gasteiger partial charge in [-0.3, -0.25) is 0 Å². The van der Waals surface area contributed by atoms with Gasteiger partial charge in [-0.2, -0.15) is 0 Å². The van der Waals surface area contributed by atoms with Gasteiger partial charge < -0.3 is 10.4 Å². The summed E-state index contributed by atoms with van der Waals surface area (Å²) in [5.74, 6) is -0.219. The molecule has 0 radical (unpaired) electrons. The van der Waals surface area contributed by atoms with E-state index in [1.54, 1.807) is 12.3 Å². The summed E-state index contributed by atoms with van der Waals surface area (Å²) in [5, 5.41) is 12.2. The first-order valence-corrected chi connectivity index (χ1v) is 6.13. The van der Waals surface area contributed by atoms with Crippen molar-refractivity contribution >= 4 is 11.8 Å². The highest BCUT2D eigenvalue weighted by molar-refractivity contribution is 5.88. The number of aromatic nitrogens is 1. The van der Waals surface area contributed by atoms with Crippen molar-refractivity contribution in [2.45, 2.75) is 38.1 Å². The van der Waals surface area contributed by atoms with Gasteiger partial charge in [-0.1, -0.05) is 6.42 Å². The second kappa shape index (κ2) is 3.72. The number of anilines is 1. The van der Waals surface area contributed by atoms with Gasteiger partial charge in [-0.15, -0.1) is 0 Å². The zero-order chi connectivity index (χ0) is 11.9. The topological polar surface area (TPSA) is 62.2 Å². The lowest BCUT2D eigenvalue weighted by molar-refractivity contribution is 0.0191. The van der Waals surface area contributed by atoms with Gasteiger partial charge in [0.05, 0.1) is 5.56 Å². The molecule has 0 aromatic carbocycles. The predicted octanol–water partition coefficient (Wildman–Crippen LogP) is 2.52. The summed E-state index contributed by atoms with van der Waals surface area (Å²) in [7, 11) is 0. The summed E-state index contributed by atoms with van der Waals surface area (Å²) in [6.07, 6.45) is 8.09. The lowest BCUT2D eigenvalue weighted by Gasteiger charge is -2.54. The fourth-order valence-electron chi connectivity index (χ4n) is 3.02. The normalized spacial score (nSPS) is 21.6. The molecule has 1 spiro atoms. The van der Waals surface area contributed by atoms with Crippen LogP contribution in [0.4, 0.5) is 5.82 Å². The molecule has 0 aliphatic heterocycles. The number of hydrogen-bond donors (Lipinski definition) is 2. The van der Waals surface area contributed by atoms with Gasteiger partial charge in [0, 0.05) is 12.2 Å². The fourth-order valence-corrected chi connectivity index (χ4v) is 3.02. The minimum atomic E-state index is -0.903. The van der Waals surface area contributed by atoms with Crippen LogP contribution in [0, 0.1) is 5.41 Å². The molecule has 1 heterocycles. The number of nitrogens with one attached hydrogen (secondary N) is 1. The Kier molecular flexibility index (Phi) is 2.31. The lowest BCUT2D eigenvalue weighted by Crippen LogP contribution is -2.49. The minimum Gasteiger partial charge on any atom is -0.478 e. The largest absolute Gasteiger partial charge is 0.478 e. The lowest BCUT2D eigenvalue weighted by atomic mass is 9.54. The molecule has 4 heteroatoms. The van der Waals surface area contributed by atoms with Crippen molar-refractivity contribution in [1.29, 1.82) is 0 Å². The molecule has 1 aromatic rings. The van der Waals surface area contributed by atoms with Gasteiger partial charge in [0.2, 0.25) is 0 Å². The van der Waals surface area contributed by atoms with Crippen LogP contribution in [0.15, 0.2) is 18.3 Å². The molecule has 3 rings (SSSR count). The first-order chi connectivity index (χ1) is 8.17. The zero-order valence-corrected chi connectivity index (χ0v) is 9.65. The molecular formula is C13H16N2O2. The van der Waals surface area contributed by atoms with E-state index in [2.05, 4.69) is 10.3 Å². The number of carbonyl (C=O) groups is 1. The van der Waals surface area contributed by atoms with Crippen LogP contribution >= 0.6 is 0 Å². The standard InChI is InChI=1S/C13H16N2O2/c16-12(17)9-2-5-14-11(6-9)15-10-7-13(8-10)3-1-4-13/h2,5-6,10H,1,3-4,7-8H2,(H,14,15)(H,16,17). The van der Waals surface area contributed by atoms with Gasteiger partial charge in [-0.25, -0.2) is 9.78 Å². The third kappa shape index (κ3) is 1.88. The summed E-state index contributed by atoms with van der Waals surface area (Å²) in [6, 6.07) is 3.60. The van der Waals surface area contributed by atoms with E-state index in [1.165, 1.54) is 38.2 Å². The second-order valence-corrected chi connectivity index (χ2v) is 5.34. The van der Waals surface area contributed by atoms with Gasteiger partial charge >= 0.3 is 5.97 Å². The predicted molar refractivity (Wildman–Crippen MR) is 64.1 cm³/mol. The Balaban J connectivity index is 1.62. The number of hydrogen-bond acceptors (Lipinski definition) is 3. The Morgan fingerprint density at radius 3 is 2.82 bits per heavy atom. The molecule has 17 heavy (non-hydrogen) atoms. The molecule has 2 fully saturated rings. The Labute approximate surface area is 100 Å². The first kappa shape index (κ1) is 10.6. The smallest absolute Gasteiger partial charge is 0.335 e. The van der Waals surface area contributed by atoms with E-state index in [9.17, 15) is 4.79 Å². The minimum absolute atomic E-state index is 0.292. The maximum Gasteiger partial charge on any atom is 0.335 e. The quantitative estimate of drug-likeness (QED) is 0.840. The molecule has 0 atom stereocenters. The van der Waals surface area contributed by atoms with Crippen molar-refractivity contribution in [3.05, 3.63) is 23.9 Å². The molecule has 0 unspecified atom stereocenters. The van der Waals surface area contributed by atoms with Gasteiger partial charge in [0.1, 0.15) is 5.82 Å². The number of nitrogens with zero attached hydrogens (tertiary/aromatic N) is 1. The molecule has 0 amide bonds. The fraction of sp³-hybridized carbons (Fsp3) is 0.538. The van der Waals surface area contributed by atoms with Crippen LogP contribution in [0.5, 0.6) is 0 Å². The van der Waals surface area contributed by atoms with E-state index in [-0.39, 0.29) is 0 Å². The molecule has 2 aliphatic carbocycles. The van der Waals surface area contributed by atoms with Crippen LogP contribution in [0.1, 0.15) is 42.5 Å². The maximum atomic E-state index is 10.8. The van der Waals surface area contributed by atoms with E-state index in [4.69, 9.17) is 5.11 Å². The van der Waals surface area contributed by atoms with E-state index in [0.29, 0.717) is 22.8 Å². The Morgan fingerprint density at radius 1 is 1.47 bits per heavy atom. The molecule has 0 bridgehead atoms. The number of carboxylic acids is 1. The Hall–Kier alpha value is -1.58. The van der Waals surface area contributed by atoms with Crippen molar-refractivity contribution in [3.8, 4) is 0 Å². The third-order valence-electron chi connectivity index (χ3n) is 4.13. The van der Waals surface area contributed by atoms with Gasteiger partial charge in [0.15, 0.2) is 0 Å². The first-order valence-electron chi connectivity index (χ1n) is 6.13. The number of rotatable bonds is 3. The molecular weight excluding hydrogens is 216 g/mol. The van der Waals surface area contributed by atoms with E-state index < -0.39 is 5.97 Å². The van der Waals surface area contributed by atoms with Gasteiger partial charge in [-0.05, 0) is 43.2 Å². The van der Waals surface area contributed by atoms with Crippen LogP contribution in [-0.2, 0) is 0 Å². The van der Waals surface area contributed by atoms with E-state index in [1.807, 2.05) is 0 Å². The van der Waals surface area contributed by atoms with Crippen molar-refractivity contribution in [3.63, 3.8) is 0 Å². The maximum absolute atomic E-state index is 10.8. The summed E-state index contributed by atoms with van der Waals surface area (Å²) < 4.78 is 0. The molecule has 90 valence electrons. The molecule has 1 aromatic heterocycles. The van der Waals surface area contributed by atoms with Crippen molar-refractivity contribution in [1.82, 2.24) is 4.98 Å². The number of carboxylic acid groups (broad SMARTS) is 1.